The highest BCUT2D eigenvalue weighted by Gasteiger charge is 2.40. The van der Waals surface area contributed by atoms with E-state index < -0.39 is 5.41 Å². The molecule has 2 rings (SSSR count). The Morgan fingerprint density at radius 3 is 2.53 bits per heavy atom. The van der Waals surface area contributed by atoms with E-state index in [0.29, 0.717) is 18.0 Å². The molecule has 1 aliphatic carbocycles. The van der Waals surface area contributed by atoms with E-state index in [-0.39, 0.29) is 11.6 Å². The SMILES string of the molecule is Cc1cc(F)cc(C(=O)C2(CN)CCC(C)CC2)c1. The second kappa shape index (κ2) is 5.41. The van der Waals surface area contributed by atoms with Crippen LogP contribution < -0.4 is 5.73 Å². The minimum Gasteiger partial charge on any atom is -0.329 e. The van der Waals surface area contributed by atoms with Gasteiger partial charge in [0.1, 0.15) is 5.82 Å². The van der Waals surface area contributed by atoms with E-state index in [1.807, 2.05) is 0 Å². The molecule has 19 heavy (non-hydrogen) atoms. The average molecular weight is 263 g/mol. The van der Waals surface area contributed by atoms with Crippen LogP contribution in [0.5, 0.6) is 0 Å². The van der Waals surface area contributed by atoms with E-state index in [0.717, 1.165) is 31.2 Å². The van der Waals surface area contributed by atoms with Gasteiger partial charge in [-0.15, -0.1) is 0 Å². The number of hydrogen-bond acceptors (Lipinski definition) is 2. The summed E-state index contributed by atoms with van der Waals surface area (Å²) in [6, 6.07) is 4.54. The monoisotopic (exact) mass is 263 g/mol. The lowest BCUT2D eigenvalue weighted by Gasteiger charge is -2.37. The zero-order valence-electron chi connectivity index (χ0n) is 11.7. The fourth-order valence-electron chi connectivity index (χ4n) is 3.01. The zero-order valence-corrected chi connectivity index (χ0v) is 11.7. The second-order valence-corrected chi connectivity index (χ2v) is 6.01. The van der Waals surface area contributed by atoms with Gasteiger partial charge < -0.3 is 5.73 Å². The maximum absolute atomic E-state index is 13.5. The van der Waals surface area contributed by atoms with E-state index >= 15 is 0 Å². The van der Waals surface area contributed by atoms with Gasteiger partial charge in [0, 0.05) is 17.5 Å². The molecule has 0 saturated heterocycles. The number of Topliss-reactive ketones (excluding diaryl/α,β-unsaturated/α-hetero) is 1. The number of hydrogen-bond donors (Lipinski definition) is 1. The van der Waals surface area contributed by atoms with Crippen LogP contribution in [0.4, 0.5) is 4.39 Å². The molecule has 1 aliphatic rings. The molecule has 1 aromatic carbocycles. The van der Waals surface area contributed by atoms with Gasteiger partial charge in [-0.1, -0.05) is 6.92 Å². The van der Waals surface area contributed by atoms with Crippen LogP contribution in [-0.2, 0) is 0 Å². The van der Waals surface area contributed by atoms with Crippen LogP contribution in [0.15, 0.2) is 18.2 Å². The highest BCUT2D eigenvalue weighted by molar-refractivity contribution is 6.01. The van der Waals surface area contributed by atoms with E-state index in [1.165, 1.54) is 12.1 Å². The molecule has 0 heterocycles. The lowest BCUT2D eigenvalue weighted by atomic mass is 9.67. The number of halogens is 1. The Bertz CT molecular complexity index is 455. The summed E-state index contributed by atoms with van der Waals surface area (Å²) in [5, 5.41) is 0. The topological polar surface area (TPSA) is 43.1 Å². The molecule has 104 valence electrons. The summed E-state index contributed by atoms with van der Waals surface area (Å²) in [7, 11) is 0. The fourth-order valence-corrected chi connectivity index (χ4v) is 3.01. The third-order valence-corrected chi connectivity index (χ3v) is 4.41. The summed E-state index contributed by atoms with van der Waals surface area (Å²) in [6.07, 6.45) is 3.69. The highest BCUT2D eigenvalue weighted by Crippen LogP contribution is 2.40. The third kappa shape index (κ3) is 2.86. The molecule has 2 N–H and O–H groups in total. The smallest absolute Gasteiger partial charge is 0.170 e. The van der Waals surface area contributed by atoms with E-state index in [2.05, 4.69) is 6.92 Å². The largest absolute Gasteiger partial charge is 0.329 e. The van der Waals surface area contributed by atoms with Crippen LogP contribution in [0.3, 0.4) is 0 Å². The summed E-state index contributed by atoms with van der Waals surface area (Å²) >= 11 is 0. The van der Waals surface area contributed by atoms with Crippen molar-refractivity contribution in [2.24, 2.45) is 17.1 Å². The molecule has 0 atom stereocenters. The van der Waals surface area contributed by atoms with Gasteiger partial charge in [-0.05, 0) is 62.3 Å². The standard InChI is InChI=1S/C16H22FNO/c1-11-3-5-16(10-18,6-4-11)15(19)13-7-12(2)8-14(17)9-13/h7-9,11H,3-6,10,18H2,1-2H3. The molecule has 0 aromatic heterocycles. The van der Waals surface area contributed by atoms with Crippen molar-refractivity contribution >= 4 is 5.78 Å². The Kier molecular flexibility index (Phi) is 4.04. The van der Waals surface area contributed by atoms with Crippen molar-refractivity contribution in [1.29, 1.82) is 0 Å². The molecular formula is C16H22FNO. The lowest BCUT2D eigenvalue weighted by molar-refractivity contribution is 0.0695. The average Bonchev–Trinajstić information content (AvgIpc) is 2.38. The van der Waals surface area contributed by atoms with Crippen molar-refractivity contribution in [2.45, 2.75) is 39.5 Å². The summed E-state index contributed by atoms with van der Waals surface area (Å²) in [6.45, 7) is 4.36. The number of nitrogens with two attached hydrogens (primary N) is 1. The Balaban J connectivity index is 2.30. The zero-order chi connectivity index (χ0) is 14.0. The first-order valence-electron chi connectivity index (χ1n) is 6.99. The number of aryl methyl sites for hydroxylation is 1. The molecule has 0 radical (unpaired) electrons. The number of carbonyl (C=O) groups is 1. The maximum atomic E-state index is 13.5. The van der Waals surface area contributed by atoms with E-state index in [1.54, 1.807) is 13.0 Å². The molecule has 1 fully saturated rings. The number of ketones is 1. The minimum absolute atomic E-state index is 0.0181. The normalized spacial score (nSPS) is 27.3. The van der Waals surface area contributed by atoms with Gasteiger partial charge in [0.25, 0.3) is 0 Å². The predicted octanol–water partition coefficient (Wildman–Crippen LogP) is 3.47. The molecule has 0 amide bonds. The first kappa shape index (κ1) is 14.2. The maximum Gasteiger partial charge on any atom is 0.170 e. The second-order valence-electron chi connectivity index (χ2n) is 6.01. The van der Waals surface area contributed by atoms with Crippen molar-refractivity contribution in [2.75, 3.05) is 6.54 Å². The third-order valence-electron chi connectivity index (χ3n) is 4.41. The molecule has 0 spiro atoms. The first-order chi connectivity index (χ1) is 8.97. The van der Waals surface area contributed by atoms with Crippen LogP contribution in [0.1, 0.15) is 48.5 Å². The van der Waals surface area contributed by atoms with E-state index in [4.69, 9.17) is 5.73 Å². The fraction of sp³-hybridized carbons (Fsp3) is 0.562. The molecule has 1 saturated carbocycles. The van der Waals surface area contributed by atoms with Gasteiger partial charge >= 0.3 is 0 Å². The van der Waals surface area contributed by atoms with Crippen molar-refractivity contribution < 1.29 is 9.18 Å². The lowest BCUT2D eigenvalue weighted by Crippen LogP contribution is -2.41. The van der Waals surface area contributed by atoms with Gasteiger partial charge in [0.15, 0.2) is 5.78 Å². The van der Waals surface area contributed by atoms with Crippen molar-refractivity contribution in [3.63, 3.8) is 0 Å². The van der Waals surface area contributed by atoms with Crippen LogP contribution in [-0.4, -0.2) is 12.3 Å². The van der Waals surface area contributed by atoms with Crippen molar-refractivity contribution in [1.82, 2.24) is 0 Å². The van der Waals surface area contributed by atoms with Gasteiger partial charge in [0.05, 0.1) is 0 Å². The molecule has 0 unspecified atom stereocenters. The summed E-state index contributed by atoms with van der Waals surface area (Å²) in [5.41, 5.74) is 6.65. The first-order valence-corrected chi connectivity index (χ1v) is 6.99. The Hall–Kier alpha value is -1.22. The number of benzene rings is 1. The van der Waals surface area contributed by atoms with Gasteiger partial charge in [-0.3, -0.25) is 4.79 Å². The quantitative estimate of drug-likeness (QED) is 0.848. The highest BCUT2D eigenvalue weighted by atomic mass is 19.1. The number of rotatable bonds is 3. The summed E-state index contributed by atoms with van der Waals surface area (Å²) in [5.74, 6) is 0.325. The van der Waals surface area contributed by atoms with Crippen LogP contribution in [0.2, 0.25) is 0 Å². The van der Waals surface area contributed by atoms with Gasteiger partial charge in [-0.25, -0.2) is 4.39 Å². The number of carbonyl (C=O) groups excluding carboxylic acids is 1. The van der Waals surface area contributed by atoms with Crippen LogP contribution in [0, 0.1) is 24.1 Å². The van der Waals surface area contributed by atoms with Crippen molar-refractivity contribution in [3.8, 4) is 0 Å². The predicted molar refractivity (Wildman–Crippen MR) is 74.6 cm³/mol. The summed E-state index contributed by atoms with van der Waals surface area (Å²) < 4.78 is 13.5. The van der Waals surface area contributed by atoms with Gasteiger partial charge in [0.2, 0.25) is 0 Å². The Morgan fingerprint density at radius 2 is 2.00 bits per heavy atom. The Labute approximate surface area is 114 Å². The molecule has 2 nitrogen and oxygen atoms in total. The molecule has 0 bridgehead atoms. The summed E-state index contributed by atoms with van der Waals surface area (Å²) in [4.78, 5) is 12.7. The van der Waals surface area contributed by atoms with Crippen LogP contribution >= 0.6 is 0 Å². The van der Waals surface area contributed by atoms with E-state index in [9.17, 15) is 9.18 Å². The molecule has 0 aliphatic heterocycles. The van der Waals surface area contributed by atoms with Gasteiger partial charge in [-0.2, -0.15) is 0 Å². The van der Waals surface area contributed by atoms with Crippen molar-refractivity contribution in [3.05, 3.63) is 35.1 Å². The minimum atomic E-state index is -0.479. The Morgan fingerprint density at radius 1 is 1.37 bits per heavy atom. The molecule has 1 aromatic rings. The molecular weight excluding hydrogens is 241 g/mol. The van der Waals surface area contributed by atoms with Crippen LogP contribution in [0.25, 0.3) is 0 Å². The molecule has 3 heteroatoms.